The van der Waals surface area contributed by atoms with Gasteiger partial charge in [-0.2, -0.15) is 0 Å². The van der Waals surface area contributed by atoms with Gasteiger partial charge < -0.3 is 14.3 Å². The summed E-state index contributed by atoms with van der Waals surface area (Å²) < 4.78 is 10.6. The van der Waals surface area contributed by atoms with E-state index in [1.807, 2.05) is 24.3 Å². The molecule has 4 nitrogen and oxygen atoms in total. The summed E-state index contributed by atoms with van der Waals surface area (Å²) in [5.41, 5.74) is 1.46. The lowest BCUT2D eigenvalue weighted by Crippen LogP contribution is -1.83. The Hall–Kier alpha value is -2.49. The molecule has 1 N–H and O–H groups in total. The maximum Gasteiger partial charge on any atom is 0.292 e. The Kier molecular flexibility index (Phi) is 2.41. The number of furan rings is 1. The van der Waals surface area contributed by atoms with Gasteiger partial charge in [-0.05, 0) is 24.3 Å². The van der Waals surface area contributed by atoms with Crippen molar-refractivity contribution in [3.05, 3.63) is 42.6 Å². The Labute approximate surface area is 103 Å². The molecule has 3 aromatic rings. The molecule has 0 spiro atoms. The number of pyridine rings is 1. The number of rotatable bonds is 2. The van der Waals surface area contributed by atoms with Crippen LogP contribution in [0.5, 0.6) is 11.7 Å². The first-order chi connectivity index (χ1) is 8.79. The highest BCUT2D eigenvalue weighted by atomic mass is 16.5. The molecule has 2 aromatic heterocycles. The number of nitrogens with zero attached hydrogens (tertiary/aromatic N) is 1. The summed E-state index contributed by atoms with van der Waals surface area (Å²) in [6.07, 6.45) is 1.67. The van der Waals surface area contributed by atoms with Crippen molar-refractivity contribution in [1.29, 1.82) is 0 Å². The second kappa shape index (κ2) is 4.07. The van der Waals surface area contributed by atoms with Crippen LogP contribution in [0.2, 0.25) is 0 Å². The van der Waals surface area contributed by atoms with Gasteiger partial charge >= 0.3 is 0 Å². The van der Waals surface area contributed by atoms with Crippen molar-refractivity contribution in [2.45, 2.75) is 0 Å². The van der Waals surface area contributed by atoms with Crippen LogP contribution in [0.3, 0.4) is 0 Å². The highest BCUT2D eigenvalue weighted by Gasteiger charge is 2.15. The molecule has 1 aromatic carbocycles. The fourth-order valence-corrected chi connectivity index (χ4v) is 1.92. The standard InChI is InChI=1S/C14H11NO3/c1-17-10-5-2-4-9(8-10)13-12-11(14(16)18-13)6-3-7-15-12/h2-8,16H,1H3. The summed E-state index contributed by atoms with van der Waals surface area (Å²) in [5, 5.41) is 10.3. The van der Waals surface area contributed by atoms with Crippen LogP contribution in [0.25, 0.3) is 22.2 Å². The molecular formula is C14H11NO3. The zero-order chi connectivity index (χ0) is 12.5. The average Bonchev–Trinajstić information content (AvgIpc) is 2.77. The monoisotopic (exact) mass is 241 g/mol. The van der Waals surface area contributed by atoms with E-state index >= 15 is 0 Å². The molecule has 0 saturated heterocycles. The zero-order valence-corrected chi connectivity index (χ0v) is 9.75. The molecular weight excluding hydrogens is 230 g/mol. The molecule has 18 heavy (non-hydrogen) atoms. The Morgan fingerprint density at radius 2 is 2.11 bits per heavy atom. The van der Waals surface area contributed by atoms with Crippen LogP contribution in [0.15, 0.2) is 47.0 Å². The third kappa shape index (κ3) is 1.59. The smallest absolute Gasteiger partial charge is 0.292 e. The maximum atomic E-state index is 9.74. The molecule has 3 rings (SSSR count). The van der Waals surface area contributed by atoms with E-state index < -0.39 is 0 Å². The van der Waals surface area contributed by atoms with Crippen LogP contribution in [-0.4, -0.2) is 17.2 Å². The predicted molar refractivity (Wildman–Crippen MR) is 67.7 cm³/mol. The Morgan fingerprint density at radius 3 is 2.94 bits per heavy atom. The Morgan fingerprint density at radius 1 is 1.22 bits per heavy atom. The minimum Gasteiger partial charge on any atom is -0.497 e. The summed E-state index contributed by atoms with van der Waals surface area (Å²) in [4.78, 5) is 4.24. The van der Waals surface area contributed by atoms with Crippen molar-refractivity contribution in [2.24, 2.45) is 0 Å². The fraction of sp³-hybridized carbons (Fsp3) is 0.0714. The number of aromatic nitrogens is 1. The molecule has 0 saturated carbocycles. The molecule has 0 aliphatic carbocycles. The van der Waals surface area contributed by atoms with Crippen LogP contribution in [-0.2, 0) is 0 Å². The van der Waals surface area contributed by atoms with E-state index in [1.54, 1.807) is 25.4 Å². The number of methoxy groups -OCH3 is 1. The average molecular weight is 241 g/mol. The van der Waals surface area contributed by atoms with Crippen LogP contribution < -0.4 is 4.74 Å². The topological polar surface area (TPSA) is 55.5 Å². The molecule has 4 heteroatoms. The zero-order valence-electron chi connectivity index (χ0n) is 9.75. The second-order valence-corrected chi connectivity index (χ2v) is 3.87. The third-order valence-electron chi connectivity index (χ3n) is 2.78. The summed E-state index contributed by atoms with van der Waals surface area (Å²) in [7, 11) is 1.61. The van der Waals surface area contributed by atoms with Gasteiger partial charge in [-0.3, -0.25) is 4.98 Å². The van der Waals surface area contributed by atoms with Crippen molar-refractivity contribution in [3.63, 3.8) is 0 Å². The minimum absolute atomic E-state index is 0.115. The lowest BCUT2D eigenvalue weighted by Gasteiger charge is -2.01. The predicted octanol–water partition coefficient (Wildman–Crippen LogP) is 3.21. The van der Waals surface area contributed by atoms with Crippen LogP contribution >= 0.6 is 0 Å². The summed E-state index contributed by atoms with van der Waals surface area (Å²) >= 11 is 0. The molecule has 0 aliphatic rings. The van der Waals surface area contributed by atoms with Crippen molar-refractivity contribution in [2.75, 3.05) is 7.11 Å². The maximum absolute atomic E-state index is 9.74. The van der Waals surface area contributed by atoms with Gasteiger partial charge in [-0.1, -0.05) is 12.1 Å². The van der Waals surface area contributed by atoms with E-state index in [9.17, 15) is 5.11 Å². The van der Waals surface area contributed by atoms with E-state index in [-0.39, 0.29) is 5.95 Å². The van der Waals surface area contributed by atoms with E-state index in [0.717, 1.165) is 11.3 Å². The van der Waals surface area contributed by atoms with E-state index in [1.165, 1.54) is 0 Å². The van der Waals surface area contributed by atoms with Gasteiger partial charge in [0.1, 0.15) is 11.3 Å². The van der Waals surface area contributed by atoms with Gasteiger partial charge in [0.2, 0.25) is 0 Å². The Bertz CT molecular complexity index is 703. The van der Waals surface area contributed by atoms with Gasteiger partial charge in [0.15, 0.2) is 5.76 Å². The van der Waals surface area contributed by atoms with Crippen molar-refractivity contribution in [1.82, 2.24) is 4.98 Å². The highest BCUT2D eigenvalue weighted by molar-refractivity contribution is 5.94. The summed E-state index contributed by atoms with van der Waals surface area (Å²) in [6, 6.07) is 11.0. The second-order valence-electron chi connectivity index (χ2n) is 3.87. The van der Waals surface area contributed by atoms with Gasteiger partial charge in [0, 0.05) is 11.8 Å². The summed E-state index contributed by atoms with van der Waals surface area (Å²) in [5.74, 6) is 1.16. The summed E-state index contributed by atoms with van der Waals surface area (Å²) in [6.45, 7) is 0. The van der Waals surface area contributed by atoms with Crippen LogP contribution in [0.1, 0.15) is 0 Å². The number of fused-ring (bicyclic) bond motifs is 1. The highest BCUT2D eigenvalue weighted by Crippen LogP contribution is 2.36. The van der Waals surface area contributed by atoms with Crippen LogP contribution in [0, 0.1) is 0 Å². The van der Waals surface area contributed by atoms with E-state index in [0.29, 0.717) is 16.7 Å². The number of hydrogen-bond donors (Lipinski definition) is 1. The molecule has 0 radical (unpaired) electrons. The van der Waals surface area contributed by atoms with Crippen molar-refractivity contribution < 1.29 is 14.3 Å². The molecule has 90 valence electrons. The molecule has 2 heterocycles. The molecule has 0 unspecified atom stereocenters. The first-order valence-corrected chi connectivity index (χ1v) is 5.50. The molecule has 0 atom stereocenters. The quantitative estimate of drug-likeness (QED) is 0.748. The number of aromatic hydroxyl groups is 1. The first kappa shape index (κ1) is 10.7. The van der Waals surface area contributed by atoms with Gasteiger partial charge in [0.05, 0.1) is 12.5 Å². The molecule has 0 aliphatic heterocycles. The van der Waals surface area contributed by atoms with Gasteiger partial charge in [-0.25, -0.2) is 0 Å². The third-order valence-corrected chi connectivity index (χ3v) is 2.78. The SMILES string of the molecule is COc1cccc(-c2oc(O)c3cccnc23)c1. The van der Waals surface area contributed by atoms with Gasteiger partial charge in [0.25, 0.3) is 5.95 Å². The lowest BCUT2D eigenvalue weighted by molar-refractivity contribution is 0.343. The molecule has 0 fully saturated rings. The van der Waals surface area contributed by atoms with Gasteiger partial charge in [-0.15, -0.1) is 0 Å². The van der Waals surface area contributed by atoms with Crippen LogP contribution in [0.4, 0.5) is 0 Å². The molecule has 0 bridgehead atoms. The number of hydrogen-bond acceptors (Lipinski definition) is 4. The largest absolute Gasteiger partial charge is 0.497 e. The normalized spacial score (nSPS) is 10.7. The first-order valence-electron chi connectivity index (χ1n) is 5.50. The number of ether oxygens (including phenoxy) is 1. The fourth-order valence-electron chi connectivity index (χ4n) is 1.92. The minimum atomic E-state index is -0.115. The number of benzene rings is 1. The van der Waals surface area contributed by atoms with E-state index in [4.69, 9.17) is 9.15 Å². The van der Waals surface area contributed by atoms with Crippen molar-refractivity contribution in [3.8, 4) is 23.0 Å². The van der Waals surface area contributed by atoms with Crippen molar-refractivity contribution >= 4 is 10.9 Å². The Balaban J connectivity index is 2.25. The molecule has 0 amide bonds. The lowest BCUT2D eigenvalue weighted by atomic mass is 10.1. The van der Waals surface area contributed by atoms with E-state index in [2.05, 4.69) is 4.98 Å².